The van der Waals surface area contributed by atoms with Crippen LogP contribution in [0.25, 0.3) is 0 Å². The van der Waals surface area contributed by atoms with Crippen molar-refractivity contribution in [3.63, 3.8) is 0 Å². The van der Waals surface area contributed by atoms with Crippen LogP contribution < -0.4 is 11.1 Å². The highest BCUT2D eigenvalue weighted by atomic mass is 19.4. The zero-order valence-electron chi connectivity index (χ0n) is 10.3. The second-order valence-electron chi connectivity index (χ2n) is 4.29. The van der Waals surface area contributed by atoms with E-state index in [1.807, 2.05) is 0 Å². The maximum atomic E-state index is 13.6. The molecule has 0 heterocycles. The van der Waals surface area contributed by atoms with Gasteiger partial charge in [0.1, 0.15) is 5.82 Å². The van der Waals surface area contributed by atoms with Gasteiger partial charge in [-0.3, -0.25) is 0 Å². The number of alkyl halides is 3. The van der Waals surface area contributed by atoms with Gasteiger partial charge in [-0.05, 0) is 35.9 Å². The second-order valence-corrected chi connectivity index (χ2v) is 4.29. The Labute approximate surface area is 113 Å². The van der Waals surface area contributed by atoms with Gasteiger partial charge in [0.2, 0.25) is 0 Å². The highest BCUT2D eigenvalue weighted by Gasteiger charge is 2.31. The van der Waals surface area contributed by atoms with Crippen LogP contribution in [0.2, 0.25) is 0 Å². The lowest BCUT2D eigenvalue weighted by Crippen LogP contribution is -2.07. The summed E-state index contributed by atoms with van der Waals surface area (Å²) < 4.78 is 50.7. The molecule has 0 aliphatic rings. The number of nitrogens with one attached hydrogen (secondary N) is 1. The van der Waals surface area contributed by atoms with E-state index in [9.17, 15) is 17.6 Å². The largest absolute Gasteiger partial charge is 0.416 e. The summed E-state index contributed by atoms with van der Waals surface area (Å²) >= 11 is 0. The molecule has 2 rings (SSSR count). The van der Waals surface area contributed by atoms with Gasteiger partial charge in [-0.25, -0.2) is 4.39 Å². The van der Waals surface area contributed by atoms with Crippen LogP contribution >= 0.6 is 0 Å². The van der Waals surface area contributed by atoms with Crippen LogP contribution in [0.4, 0.5) is 28.9 Å². The van der Waals surface area contributed by atoms with Gasteiger partial charge in [-0.2, -0.15) is 13.2 Å². The number of hydrogen-bond donors (Lipinski definition) is 2. The lowest BCUT2D eigenvalue weighted by atomic mass is 10.1. The van der Waals surface area contributed by atoms with Crippen molar-refractivity contribution in [1.29, 1.82) is 0 Å². The Kier molecular flexibility index (Phi) is 3.83. The highest BCUT2D eigenvalue weighted by molar-refractivity contribution is 5.48. The Balaban J connectivity index is 2.08. The predicted octanol–water partition coefficient (Wildman–Crippen LogP) is 4.04. The number of halogens is 4. The molecule has 0 saturated heterocycles. The molecule has 2 aromatic carbocycles. The number of hydrogen-bond acceptors (Lipinski definition) is 2. The number of nitrogens with two attached hydrogens (primary N) is 1. The highest BCUT2D eigenvalue weighted by Crippen LogP contribution is 2.31. The minimum Gasteiger partial charge on any atom is -0.399 e. The first-order valence-corrected chi connectivity index (χ1v) is 5.81. The molecule has 106 valence electrons. The van der Waals surface area contributed by atoms with Crippen molar-refractivity contribution in [1.82, 2.24) is 0 Å². The fraction of sp³-hybridized carbons (Fsp3) is 0.143. The van der Waals surface area contributed by atoms with Gasteiger partial charge >= 0.3 is 6.18 Å². The van der Waals surface area contributed by atoms with Gasteiger partial charge in [0.05, 0.1) is 11.3 Å². The summed E-state index contributed by atoms with van der Waals surface area (Å²) in [6.07, 6.45) is -4.55. The van der Waals surface area contributed by atoms with Gasteiger partial charge in [0.15, 0.2) is 0 Å². The van der Waals surface area contributed by atoms with Crippen LogP contribution in [-0.2, 0) is 12.7 Å². The Morgan fingerprint density at radius 2 is 1.65 bits per heavy atom. The average molecular weight is 284 g/mol. The summed E-state index contributed by atoms with van der Waals surface area (Å²) in [5.41, 5.74) is 6.00. The number of rotatable bonds is 3. The molecule has 0 aromatic heterocycles. The van der Waals surface area contributed by atoms with E-state index in [-0.39, 0.29) is 5.69 Å². The zero-order chi connectivity index (χ0) is 14.8. The molecule has 0 fully saturated rings. The topological polar surface area (TPSA) is 38.0 Å². The Bertz CT molecular complexity index is 591. The second kappa shape index (κ2) is 5.40. The lowest BCUT2D eigenvalue weighted by molar-refractivity contribution is -0.137. The molecule has 0 amide bonds. The van der Waals surface area contributed by atoms with Crippen LogP contribution in [-0.4, -0.2) is 0 Å². The first kappa shape index (κ1) is 14.2. The van der Waals surface area contributed by atoms with E-state index in [1.54, 1.807) is 24.3 Å². The molecule has 0 spiro atoms. The predicted molar refractivity (Wildman–Crippen MR) is 69.6 cm³/mol. The summed E-state index contributed by atoms with van der Waals surface area (Å²) in [6, 6.07) is 9.30. The van der Waals surface area contributed by atoms with Gasteiger partial charge in [-0.1, -0.05) is 12.1 Å². The summed E-state index contributed by atoms with van der Waals surface area (Å²) in [5, 5.41) is 2.74. The summed E-state index contributed by atoms with van der Waals surface area (Å²) in [5.74, 6) is -0.935. The zero-order valence-corrected chi connectivity index (χ0v) is 10.3. The van der Waals surface area contributed by atoms with E-state index in [0.717, 1.165) is 17.7 Å². The van der Waals surface area contributed by atoms with Crippen molar-refractivity contribution in [3.05, 3.63) is 59.4 Å². The Hall–Kier alpha value is -2.24. The molecule has 2 nitrogen and oxygen atoms in total. The normalized spacial score (nSPS) is 11.4. The third-order valence-corrected chi connectivity index (χ3v) is 2.76. The first-order valence-electron chi connectivity index (χ1n) is 5.81. The number of anilines is 2. The van der Waals surface area contributed by atoms with Crippen LogP contribution in [0.15, 0.2) is 42.5 Å². The van der Waals surface area contributed by atoms with Crippen LogP contribution in [0.1, 0.15) is 11.1 Å². The molecule has 0 unspecified atom stereocenters. The van der Waals surface area contributed by atoms with Crippen molar-refractivity contribution >= 4 is 11.4 Å². The minimum absolute atomic E-state index is 0.0230. The van der Waals surface area contributed by atoms with Crippen molar-refractivity contribution in [2.75, 3.05) is 11.1 Å². The van der Waals surface area contributed by atoms with Gasteiger partial charge in [0.25, 0.3) is 0 Å². The smallest absolute Gasteiger partial charge is 0.399 e. The quantitative estimate of drug-likeness (QED) is 0.659. The molecule has 0 aliphatic heterocycles. The molecule has 0 atom stereocenters. The fourth-order valence-corrected chi connectivity index (χ4v) is 1.67. The summed E-state index contributed by atoms with van der Waals surface area (Å²) in [6.45, 7) is 0.294. The van der Waals surface area contributed by atoms with Crippen molar-refractivity contribution in [2.45, 2.75) is 12.7 Å². The molecule has 0 radical (unpaired) electrons. The van der Waals surface area contributed by atoms with E-state index in [4.69, 9.17) is 5.73 Å². The van der Waals surface area contributed by atoms with Crippen LogP contribution in [0, 0.1) is 5.82 Å². The average Bonchev–Trinajstić information content (AvgIpc) is 2.38. The van der Waals surface area contributed by atoms with Crippen molar-refractivity contribution < 1.29 is 17.6 Å². The molecule has 6 heteroatoms. The third kappa shape index (κ3) is 3.40. The third-order valence-electron chi connectivity index (χ3n) is 2.76. The molecule has 0 saturated carbocycles. The van der Waals surface area contributed by atoms with E-state index < -0.39 is 17.6 Å². The Morgan fingerprint density at radius 3 is 2.20 bits per heavy atom. The first-order chi connectivity index (χ1) is 9.36. The number of nitrogen functional groups attached to an aromatic ring is 1. The number of benzene rings is 2. The molecular weight excluding hydrogens is 272 g/mol. The van der Waals surface area contributed by atoms with Gasteiger partial charge in [-0.15, -0.1) is 0 Å². The molecule has 0 bridgehead atoms. The van der Waals surface area contributed by atoms with E-state index in [2.05, 4.69) is 5.32 Å². The molecule has 0 aliphatic carbocycles. The van der Waals surface area contributed by atoms with Gasteiger partial charge < -0.3 is 11.1 Å². The minimum atomic E-state index is -4.55. The summed E-state index contributed by atoms with van der Waals surface area (Å²) in [4.78, 5) is 0. The maximum Gasteiger partial charge on any atom is 0.416 e. The van der Waals surface area contributed by atoms with Gasteiger partial charge in [0, 0.05) is 12.2 Å². The molecule has 2 aromatic rings. The lowest BCUT2D eigenvalue weighted by Gasteiger charge is -2.11. The maximum absolute atomic E-state index is 13.6. The van der Waals surface area contributed by atoms with Crippen molar-refractivity contribution in [3.8, 4) is 0 Å². The van der Waals surface area contributed by atoms with E-state index in [1.165, 1.54) is 0 Å². The van der Waals surface area contributed by atoms with Crippen molar-refractivity contribution in [2.24, 2.45) is 0 Å². The monoisotopic (exact) mass is 284 g/mol. The molecule has 20 heavy (non-hydrogen) atoms. The van der Waals surface area contributed by atoms with Crippen LogP contribution in [0.3, 0.4) is 0 Å². The SMILES string of the molecule is Nc1ccc(CNc2ccc(C(F)(F)F)cc2F)cc1. The van der Waals surface area contributed by atoms with Crippen LogP contribution in [0.5, 0.6) is 0 Å². The Morgan fingerprint density at radius 1 is 1.00 bits per heavy atom. The fourth-order valence-electron chi connectivity index (χ4n) is 1.67. The van der Waals surface area contributed by atoms with E-state index >= 15 is 0 Å². The molecular formula is C14H12F4N2. The summed E-state index contributed by atoms with van der Waals surface area (Å²) in [7, 11) is 0. The molecule has 3 N–H and O–H groups in total. The standard InChI is InChI=1S/C14H12F4N2/c15-12-7-10(14(16,17)18)3-6-13(12)20-8-9-1-4-11(19)5-2-9/h1-7,20H,8,19H2. The van der Waals surface area contributed by atoms with E-state index in [0.29, 0.717) is 18.3 Å².